The smallest absolute Gasteiger partial charge is 0.875 e. The first-order chi connectivity index (χ1) is 26.9. The van der Waals surface area contributed by atoms with Crippen LogP contribution in [0.25, 0.3) is 0 Å². The number of hydrogen-bond donors (Lipinski definition) is 0. The molecule has 2 aliphatic rings. The Morgan fingerprint density at radius 1 is 0.526 bits per heavy atom. The van der Waals surface area contributed by atoms with Crippen molar-refractivity contribution >= 4 is 36.2 Å². The number of rotatable bonds is 14. The van der Waals surface area contributed by atoms with Crippen molar-refractivity contribution in [2.75, 3.05) is 26.4 Å². The second-order valence-corrected chi connectivity index (χ2v) is 12.0. The van der Waals surface area contributed by atoms with Crippen molar-refractivity contribution < 1.29 is 93.9 Å². The first-order valence-electron chi connectivity index (χ1n) is 18.4. The van der Waals surface area contributed by atoms with E-state index in [0.717, 1.165) is 0 Å². The third-order valence-corrected chi connectivity index (χ3v) is 8.15. The second kappa shape index (κ2) is 24.9. The van der Waals surface area contributed by atoms with Crippen LogP contribution in [0.5, 0.6) is 23.0 Å². The maximum absolute atomic E-state index is 12.3. The van der Waals surface area contributed by atoms with E-state index >= 15 is 0 Å². The zero-order valence-corrected chi connectivity index (χ0v) is 33.1. The van der Waals surface area contributed by atoms with E-state index in [1.54, 1.807) is 27.7 Å². The molecule has 0 amide bonds. The fourth-order valence-electron chi connectivity index (χ4n) is 5.61. The topological polar surface area (TPSA) is 222 Å². The molecule has 0 spiro atoms. The predicted octanol–water partition coefficient (Wildman–Crippen LogP) is 6.11. The minimum absolute atomic E-state index is 0. The summed E-state index contributed by atoms with van der Waals surface area (Å²) in [4.78, 5) is 69.7. The molecule has 2 saturated carbocycles. The molecule has 4 rings (SSSR count). The molecule has 2 aromatic rings. The molecular formula is C40H46CuO16. The summed E-state index contributed by atoms with van der Waals surface area (Å²) in [6.07, 6.45) is 0.241. The number of ether oxygens (including phenoxy) is 8. The molecule has 0 N–H and O–H groups in total. The molecule has 57 heavy (non-hydrogen) atoms. The minimum Gasteiger partial charge on any atom is -0.875 e. The van der Waals surface area contributed by atoms with Crippen LogP contribution in [0.15, 0.2) is 59.1 Å². The molecule has 0 aromatic heterocycles. The minimum atomic E-state index is -0.880. The molecule has 2 aliphatic carbocycles. The van der Waals surface area contributed by atoms with Gasteiger partial charge in [-0.05, 0) is 138 Å². The Labute approximate surface area is 340 Å². The van der Waals surface area contributed by atoms with Crippen LogP contribution in [0, 0.1) is 0 Å². The molecule has 0 atom stereocenters. The average molecular weight is 846 g/mol. The van der Waals surface area contributed by atoms with Gasteiger partial charge in [0.15, 0.2) is 11.6 Å². The van der Waals surface area contributed by atoms with Gasteiger partial charge in [-0.1, -0.05) is 0 Å². The number of benzene rings is 2. The van der Waals surface area contributed by atoms with Crippen LogP contribution in [-0.4, -0.2) is 62.6 Å². The van der Waals surface area contributed by atoms with Gasteiger partial charge in [0.25, 0.3) is 0 Å². The van der Waals surface area contributed by atoms with Crippen LogP contribution in [0.4, 0.5) is 19.2 Å². The van der Waals surface area contributed by atoms with Gasteiger partial charge < -0.3 is 48.1 Å². The number of carbonyl (C=O) groups excluding carboxylic acids is 6. The SMILES string of the molecule is CCOC(=O)Oc1ccc(OC(=O)OCC)c(CC/C([O-])=C2\CCCC2=O)c1.CCOC(=O)Oc1ccc(OC(=O)OCC)c(CC/C([O-])=C2\CCCC2=O)c1.[Cu+2]. The fourth-order valence-corrected chi connectivity index (χ4v) is 5.61. The molecule has 1 radical (unpaired) electrons. The quantitative estimate of drug-likeness (QED) is 0.0522. The third kappa shape index (κ3) is 15.9. The number of Topliss-reactive ketones (excluding diaryl/α,β-unsaturated/α-hetero) is 2. The predicted molar refractivity (Wildman–Crippen MR) is 192 cm³/mol. The molecule has 0 bridgehead atoms. The van der Waals surface area contributed by atoms with E-state index in [4.69, 9.17) is 37.9 Å². The van der Waals surface area contributed by atoms with E-state index in [1.165, 1.54) is 36.4 Å². The number of aryl methyl sites for hydroxylation is 2. The van der Waals surface area contributed by atoms with E-state index < -0.39 is 24.6 Å². The fraction of sp³-hybridized carbons (Fsp3) is 0.450. The number of ketones is 2. The van der Waals surface area contributed by atoms with Gasteiger partial charge in [-0.2, -0.15) is 0 Å². The standard InChI is InChI=1S/2C20H24O8.Cu/c2*1-3-25-19(23)27-14-9-11-18(28-20(24)26-4-2)13(12-14)8-10-17(22)15-6-5-7-16(15)21;/h2*9,11-12,22H,3-8,10H2,1-2H3;/q;;+2/p-2/b2*17-15-;. The largest absolute Gasteiger partial charge is 2.00 e. The van der Waals surface area contributed by atoms with Crippen molar-refractivity contribution in [2.24, 2.45) is 0 Å². The van der Waals surface area contributed by atoms with Crippen LogP contribution < -0.4 is 29.2 Å². The van der Waals surface area contributed by atoms with Gasteiger partial charge in [0, 0.05) is 12.8 Å². The summed E-state index contributed by atoms with van der Waals surface area (Å²) in [5.41, 5.74) is 1.61. The Morgan fingerprint density at radius 3 is 1.16 bits per heavy atom. The Hall–Kier alpha value is -5.54. The van der Waals surface area contributed by atoms with Gasteiger partial charge in [-0.15, -0.1) is 11.5 Å². The van der Waals surface area contributed by atoms with Crippen molar-refractivity contribution in [1.29, 1.82) is 0 Å². The molecule has 17 heteroatoms. The summed E-state index contributed by atoms with van der Waals surface area (Å²) in [6, 6.07) is 8.73. The summed E-state index contributed by atoms with van der Waals surface area (Å²) < 4.78 is 39.4. The summed E-state index contributed by atoms with van der Waals surface area (Å²) in [6.45, 7) is 7.22. The first kappa shape index (κ1) is 47.6. The molecule has 0 heterocycles. The van der Waals surface area contributed by atoms with Crippen LogP contribution in [0.2, 0.25) is 0 Å². The Kier molecular flexibility index (Phi) is 20.8. The summed E-state index contributed by atoms with van der Waals surface area (Å²) in [7, 11) is 0. The molecule has 0 saturated heterocycles. The van der Waals surface area contributed by atoms with Crippen LogP contribution in [-0.2, 0) is 58.4 Å². The van der Waals surface area contributed by atoms with Gasteiger partial charge in [0.2, 0.25) is 0 Å². The van der Waals surface area contributed by atoms with Crippen LogP contribution in [0.3, 0.4) is 0 Å². The molecule has 2 aromatic carbocycles. The van der Waals surface area contributed by atoms with Crippen LogP contribution >= 0.6 is 0 Å². The first-order valence-corrected chi connectivity index (χ1v) is 18.4. The van der Waals surface area contributed by atoms with Crippen molar-refractivity contribution in [3.8, 4) is 23.0 Å². The number of hydrogen-bond acceptors (Lipinski definition) is 16. The summed E-state index contributed by atoms with van der Waals surface area (Å²) in [5.74, 6) is 0.0844. The Balaban J connectivity index is 0.000000387. The van der Waals surface area contributed by atoms with E-state index in [2.05, 4.69) is 0 Å². The van der Waals surface area contributed by atoms with Gasteiger partial charge in [0.1, 0.15) is 23.0 Å². The van der Waals surface area contributed by atoms with Crippen molar-refractivity contribution in [3.05, 3.63) is 70.2 Å². The van der Waals surface area contributed by atoms with Gasteiger partial charge in [-0.3, -0.25) is 9.59 Å². The third-order valence-electron chi connectivity index (χ3n) is 8.15. The van der Waals surface area contributed by atoms with Crippen molar-refractivity contribution in [1.82, 2.24) is 0 Å². The maximum Gasteiger partial charge on any atom is 2.00 e. The molecule has 2 fully saturated rings. The molecule has 16 nitrogen and oxygen atoms in total. The Bertz CT molecular complexity index is 1670. The van der Waals surface area contributed by atoms with Gasteiger partial charge >= 0.3 is 41.7 Å². The van der Waals surface area contributed by atoms with Crippen molar-refractivity contribution in [2.45, 2.75) is 91.9 Å². The molecule has 0 unspecified atom stereocenters. The van der Waals surface area contributed by atoms with Crippen molar-refractivity contribution in [3.63, 3.8) is 0 Å². The van der Waals surface area contributed by atoms with Crippen LogP contribution in [0.1, 0.15) is 90.2 Å². The summed E-state index contributed by atoms with van der Waals surface area (Å²) in [5, 5.41) is 24.6. The maximum atomic E-state index is 12.3. The van der Waals surface area contributed by atoms with E-state index in [1.807, 2.05) is 0 Å². The normalized spacial score (nSPS) is 14.9. The van der Waals surface area contributed by atoms with Gasteiger partial charge in [-0.25, -0.2) is 19.2 Å². The van der Waals surface area contributed by atoms with E-state index in [0.29, 0.717) is 60.8 Å². The summed E-state index contributed by atoms with van der Waals surface area (Å²) >= 11 is 0. The monoisotopic (exact) mass is 845 g/mol. The zero-order chi connectivity index (χ0) is 41.0. The molecule has 0 aliphatic heterocycles. The average Bonchev–Trinajstić information content (AvgIpc) is 3.79. The second-order valence-electron chi connectivity index (χ2n) is 12.0. The van der Waals surface area contributed by atoms with E-state index in [-0.39, 0.29) is 115 Å². The van der Waals surface area contributed by atoms with E-state index in [9.17, 15) is 39.0 Å². The Morgan fingerprint density at radius 2 is 0.860 bits per heavy atom. The molecular weight excluding hydrogens is 800 g/mol. The van der Waals surface area contributed by atoms with Gasteiger partial charge in [0.05, 0.1) is 26.4 Å². The zero-order valence-electron chi connectivity index (χ0n) is 32.2. The number of carbonyl (C=O) groups is 6. The molecule has 313 valence electrons. The number of allylic oxidation sites excluding steroid dienone is 4.